The average molecular weight is 292 g/mol. The van der Waals surface area contributed by atoms with Crippen molar-refractivity contribution in [1.82, 2.24) is 0 Å². The zero-order chi connectivity index (χ0) is 14.5. The predicted molar refractivity (Wildman–Crippen MR) is 75.5 cm³/mol. The molecule has 0 radical (unpaired) electrons. The summed E-state index contributed by atoms with van der Waals surface area (Å²) < 4.78 is 13.6. The maximum absolute atomic E-state index is 13.6. The Morgan fingerprint density at radius 2 is 1.90 bits per heavy atom. The molecule has 104 valence electrons. The number of rotatable bonds is 5. The SMILES string of the molecule is O=C(O)c1ccc(F)c(SCC(O)c2ccccc2)c1. The smallest absolute Gasteiger partial charge is 0.335 e. The number of halogens is 1. The normalized spacial score (nSPS) is 12.1. The van der Waals surface area contributed by atoms with Crippen molar-refractivity contribution < 1.29 is 19.4 Å². The van der Waals surface area contributed by atoms with Crippen molar-refractivity contribution in [3.8, 4) is 0 Å². The summed E-state index contributed by atoms with van der Waals surface area (Å²) in [6.45, 7) is 0. The van der Waals surface area contributed by atoms with Crippen LogP contribution in [-0.2, 0) is 0 Å². The van der Waals surface area contributed by atoms with Crippen molar-refractivity contribution in [2.24, 2.45) is 0 Å². The van der Waals surface area contributed by atoms with E-state index >= 15 is 0 Å². The highest BCUT2D eigenvalue weighted by atomic mass is 32.2. The van der Waals surface area contributed by atoms with Crippen LogP contribution in [0.2, 0.25) is 0 Å². The molecule has 0 fully saturated rings. The second-order valence-corrected chi connectivity index (χ2v) is 5.25. The van der Waals surface area contributed by atoms with Crippen LogP contribution < -0.4 is 0 Å². The van der Waals surface area contributed by atoms with Crippen molar-refractivity contribution in [2.75, 3.05) is 5.75 Å². The lowest BCUT2D eigenvalue weighted by Gasteiger charge is -2.11. The number of aromatic carboxylic acids is 1. The highest BCUT2D eigenvalue weighted by Gasteiger charge is 2.12. The van der Waals surface area contributed by atoms with Gasteiger partial charge in [-0.05, 0) is 23.8 Å². The fourth-order valence-electron chi connectivity index (χ4n) is 1.69. The molecule has 3 nitrogen and oxygen atoms in total. The number of carbonyl (C=O) groups is 1. The van der Waals surface area contributed by atoms with Gasteiger partial charge in [-0.15, -0.1) is 11.8 Å². The first-order valence-electron chi connectivity index (χ1n) is 5.96. The van der Waals surface area contributed by atoms with E-state index in [0.29, 0.717) is 0 Å². The Morgan fingerprint density at radius 3 is 2.55 bits per heavy atom. The monoisotopic (exact) mass is 292 g/mol. The molecule has 0 saturated heterocycles. The minimum absolute atomic E-state index is 0.0306. The average Bonchev–Trinajstić information content (AvgIpc) is 2.46. The number of carboxylic acids is 1. The standard InChI is InChI=1S/C15H13FO3S/c16-12-7-6-11(15(18)19)8-14(12)20-9-13(17)10-4-2-1-3-5-10/h1-8,13,17H,9H2,(H,18,19). The maximum Gasteiger partial charge on any atom is 0.335 e. The highest BCUT2D eigenvalue weighted by molar-refractivity contribution is 7.99. The highest BCUT2D eigenvalue weighted by Crippen LogP contribution is 2.27. The molecule has 2 N–H and O–H groups in total. The van der Waals surface area contributed by atoms with Crippen LogP contribution in [0.3, 0.4) is 0 Å². The van der Waals surface area contributed by atoms with Gasteiger partial charge in [0.2, 0.25) is 0 Å². The summed E-state index contributed by atoms with van der Waals surface area (Å²) >= 11 is 1.09. The Hall–Kier alpha value is -1.85. The van der Waals surface area contributed by atoms with Gasteiger partial charge in [0.05, 0.1) is 11.7 Å². The van der Waals surface area contributed by atoms with Crippen LogP contribution in [0, 0.1) is 5.82 Å². The molecule has 0 bridgehead atoms. The van der Waals surface area contributed by atoms with E-state index in [2.05, 4.69) is 0 Å². The largest absolute Gasteiger partial charge is 0.478 e. The molecule has 0 amide bonds. The molecule has 0 aliphatic carbocycles. The minimum Gasteiger partial charge on any atom is -0.478 e. The number of hydrogen-bond acceptors (Lipinski definition) is 3. The van der Waals surface area contributed by atoms with Gasteiger partial charge < -0.3 is 10.2 Å². The van der Waals surface area contributed by atoms with Crippen LogP contribution in [0.25, 0.3) is 0 Å². The van der Waals surface area contributed by atoms with E-state index in [9.17, 15) is 14.3 Å². The van der Waals surface area contributed by atoms with Gasteiger partial charge in [0.1, 0.15) is 5.82 Å². The molecule has 20 heavy (non-hydrogen) atoms. The maximum atomic E-state index is 13.6. The zero-order valence-corrected chi connectivity index (χ0v) is 11.3. The molecule has 0 aromatic heterocycles. The molecule has 0 aliphatic rings. The second kappa shape index (κ2) is 6.54. The Balaban J connectivity index is 2.07. The lowest BCUT2D eigenvalue weighted by atomic mass is 10.1. The first kappa shape index (κ1) is 14.6. The lowest BCUT2D eigenvalue weighted by molar-refractivity contribution is 0.0696. The number of benzene rings is 2. The molecule has 0 spiro atoms. The number of aliphatic hydroxyl groups excluding tert-OH is 1. The summed E-state index contributed by atoms with van der Waals surface area (Å²) in [6.07, 6.45) is -0.728. The molecule has 1 unspecified atom stereocenters. The quantitative estimate of drug-likeness (QED) is 0.830. The topological polar surface area (TPSA) is 57.5 Å². The summed E-state index contributed by atoms with van der Waals surface area (Å²) in [4.78, 5) is 11.1. The van der Waals surface area contributed by atoms with Gasteiger partial charge in [-0.3, -0.25) is 0 Å². The molecule has 2 aromatic rings. The van der Waals surface area contributed by atoms with Gasteiger partial charge in [0, 0.05) is 10.6 Å². The van der Waals surface area contributed by atoms with E-state index in [4.69, 9.17) is 5.11 Å². The summed E-state index contributed by atoms with van der Waals surface area (Å²) in [7, 11) is 0. The zero-order valence-electron chi connectivity index (χ0n) is 10.5. The van der Waals surface area contributed by atoms with Gasteiger partial charge in [-0.25, -0.2) is 9.18 Å². The van der Waals surface area contributed by atoms with Crippen molar-refractivity contribution >= 4 is 17.7 Å². The first-order chi connectivity index (χ1) is 9.58. The summed E-state index contributed by atoms with van der Waals surface area (Å²) in [5.41, 5.74) is 0.776. The molecule has 1 atom stereocenters. The third kappa shape index (κ3) is 3.59. The Morgan fingerprint density at radius 1 is 1.20 bits per heavy atom. The van der Waals surface area contributed by atoms with Crippen molar-refractivity contribution in [2.45, 2.75) is 11.0 Å². The number of hydrogen-bond donors (Lipinski definition) is 2. The van der Waals surface area contributed by atoms with Gasteiger partial charge in [0.15, 0.2) is 0 Å². The number of thioether (sulfide) groups is 1. The van der Waals surface area contributed by atoms with Gasteiger partial charge in [-0.2, -0.15) is 0 Å². The molecule has 0 saturated carbocycles. The Kier molecular flexibility index (Phi) is 4.76. The minimum atomic E-state index is -1.10. The Labute approximate surface area is 120 Å². The molecule has 2 rings (SSSR count). The van der Waals surface area contributed by atoms with E-state index in [1.807, 2.05) is 18.2 Å². The van der Waals surface area contributed by atoms with E-state index in [0.717, 1.165) is 23.4 Å². The van der Waals surface area contributed by atoms with Crippen LogP contribution in [0.4, 0.5) is 4.39 Å². The van der Waals surface area contributed by atoms with Gasteiger partial charge >= 0.3 is 5.97 Å². The van der Waals surface area contributed by atoms with Crippen LogP contribution in [0.15, 0.2) is 53.4 Å². The molecular formula is C15H13FO3S. The van der Waals surface area contributed by atoms with E-state index in [-0.39, 0.29) is 16.2 Å². The van der Waals surface area contributed by atoms with E-state index in [1.165, 1.54) is 12.1 Å². The number of aliphatic hydroxyl groups is 1. The van der Waals surface area contributed by atoms with Gasteiger partial charge in [0.25, 0.3) is 0 Å². The summed E-state index contributed by atoms with van der Waals surface area (Å²) in [6, 6.07) is 12.7. The molecule has 5 heteroatoms. The third-order valence-electron chi connectivity index (χ3n) is 2.76. The van der Waals surface area contributed by atoms with Crippen molar-refractivity contribution in [3.05, 3.63) is 65.5 Å². The first-order valence-corrected chi connectivity index (χ1v) is 6.95. The fraction of sp³-hybridized carbons (Fsp3) is 0.133. The van der Waals surface area contributed by atoms with Crippen LogP contribution >= 0.6 is 11.8 Å². The lowest BCUT2D eigenvalue weighted by Crippen LogP contribution is -2.01. The van der Waals surface area contributed by atoms with Crippen LogP contribution in [0.1, 0.15) is 22.0 Å². The van der Waals surface area contributed by atoms with Crippen LogP contribution in [-0.4, -0.2) is 21.9 Å². The molecule has 0 heterocycles. The predicted octanol–water partition coefficient (Wildman–Crippen LogP) is 3.35. The molecular weight excluding hydrogens is 279 g/mol. The Bertz CT molecular complexity index is 601. The van der Waals surface area contributed by atoms with Crippen LogP contribution in [0.5, 0.6) is 0 Å². The van der Waals surface area contributed by atoms with E-state index in [1.54, 1.807) is 12.1 Å². The third-order valence-corrected chi connectivity index (χ3v) is 3.87. The van der Waals surface area contributed by atoms with Crippen molar-refractivity contribution in [1.29, 1.82) is 0 Å². The van der Waals surface area contributed by atoms with Gasteiger partial charge in [-0.1, -0.05) is 30.3 Å². The molecule has 2 aromatic carbocycles. The number of carboxylic acid groups (broad SMARTS) is 1. The molecule has 0 aliphatic heterocycles. The van der Waals surface area contributed by atoms with Crippen molar-refractivity contribution in [3.63, 3.8) is 0 Å². The van der Waals surface area contributed by atoms with E-state index < -0.39 is 17.9 Å². The summed E-state index contributed by atoms with van der Waals surface area (Å²) in [5, 5.41) is 18.9. The second-order valence-electron chi connectivity index (χ2n) is 4.19. The fourth-order valence-corrected chi connectivity index (χ4v) is 2.63. The summed E-state index contributed by atoms with van der Waals surface area (Å²) in [5.74, 6) is -1.33.